The Balaban J connectivity index is 1.79. The second kappa shape index (κ2) is 8.08. The number of amides is 1. The lowest BCUT2D eigenvalue weighted by Gasteiger charge is -2.06. The maximum absolute atomic E-state index is 12.8. The lowest BCUT2D eigenvalue weighted by molar-refractivity contribution is -0.143. The fraction of sp³-hybridized carbons (Fsp3) is 0.286. The number of carbonyl (C=O) groups is 2. The molecular weight excluding hydrogens is 392 g/mol. The van der Waals surface area contributed by atoms with E-state index in [9.17, 15) is 9.59 Å². The minimum Gasteiger partial charge on any atom is -0.466 e. The quantitative estimate of drug-likeness (QED) is 0.600. The first kappa shape index (κ1) is 19.2. The molecule has 0 bridgehead atoms. The van der Waals surface area contributed by atoms with Crippen LogP contribution in [0.2, 0.25) is 0 Å². The Bertz CT molecular complexity index is 1160. The largest absolute Gasteiger partial charge is 0.466 e. The van der Waals surface area contributed by atoms with Gasteiger partial charge in [-0.25, -0.2) is 0 Å². The predicted octanol–water partition coefficient (Wildman–Crippen LogP) is 3.43. The van der Waals surface area contributed by atoms with Crippen molar-refractivity contribution in [2.45, 2.75) is 26.8 Å². The Labute approximate surface area is 171 Å². The molecule has 0 aliphatic carbocycles. The Kier molecular flexibility index (Phi) is 5.35. The third-order valence-electron chi connectivity index (χ3n) is 4.59. The summed E-state index contributed by atoms with van der Waals surface area (Å²) >= 11 is 1.37. The van der Waals surface area contributed by atoms with Gasteiger partial charge in [0.05, 0.1) is 23.2 Å². The summed E-state index contributed by atoms with van der Waals surface area (Å²) in [6.07, 6.45) is 0.180. The van der Waals surface area contributed by atoms with Crippen LogP contribution in [0.15, 0.2) is 41.4 Å². The fourth-order valence-corrected chi connectivity index (χ4v) is 4.22. The molecule has 29 heavy (non-hydrogen) atoms. The van der Waals surface area contributed by atoms with Gasteiger partial charge in [0, 0.05) is 24.2 Å². The number of aryl methyl sites for hydroxylation is 2. The first-order valence-corrected chi connectivity index (χ1v) is 10.1. The highest BCUT2D eigenvalue weighted by Crippen LogP contribution is 2.37. The van der Waals surface area contributed by atoms with Crippen molar-refractivity contribution in [3.63, 3.8) is 0 Å². The standard InChI is InChI=1S/C21H20N2O5S/c1-3-26-19(24)8-9-23-15-10-16-17(28-12-27-16)11-18(15)29-21(23)22-20(25)14-7-5-4-6-13(14)2/h4-7,10-11H,3,8-9,12H2,1-2H3. The molecule has 3 aromatic rings. The van der Waals surface area contributed by atoms with Crippen LogP contribution in [0, 0.1) is 6.92 Å². The number of hydrogen-bond acceptors (Lipinski definition) is 6. The minimum absolute atomic E-state index is 0.179. The third kappa shape index (κ3) is 3.88. The van der Waals surface area contributed by atoms with E-state index in [1.807, 2.05) is 41.8 Å². The van der Waals surface area contributed by atoms with E-state index in [2.05, 4.69) is 4.99 Å². The van der Waals surface area contributed by atoms with Crippen LogP contribution >= 0.6 is 11.3 Å². The first-order chi connectivity index (χ1) is 14.1. The van der Waals surface area contributed by atoms with Gasteiger partial charge < -0.3 is 18.8 Å². The number of ether oxygens (including phenoxy) is 3. The molecule has 2 heterocycles. The highest BCUT2D eigenvalue weighted by Gasteiger charge is 2.19. The zero-order valence-electron chi connectivity index (χ0n) is 16.1. The molecule has 7 nitrogen and oxygen atoms in total. The Morgan fingerprint density at radius 3 is 2.72 bits per heavy atom. The summed E-state index contributed by atoms with van der Waals surface area (Å²) in [4.78, 5) is 29.6. The fourth-order valence-electron chi connectivity index (χ4n) is 3.16. The SMILES string of the molecule is CCOC(=O)CCn1c(=NC(=O)c2ccccc2C)sc2cc3c(cc21)OCO3. The summed E-state index contributed by atoms with van der Waals surface area (Å²) in [5.74, 6) is 0.681. The van der Waals surface area contributed by atoms with Crippen molar-refractivity contribution in [3.05, 3.63) is 52.3 Å². The van der Waals surface area contributed by atoms with E-state index in [1.54, 1.807) is 13.0 Å². The molecule has 0 unspecified atom stereocenters. The van der Waals surface area contributed by atoms with Crippen LogP contribution in [-0.4, -0.2) is 29.8 Å². The Hall–Kier alpha value is -3.13. The molecule has 0 N–H and O–H groups in total. The van der Waals surface area contributed by atoms with Crippen molar-refractivity contribution < 1.29 is 23.8 Å². The molecule has 1 aliphatic heterocycles. The number of fused-ring (bicyclic) bond motifs is 2. The van der Waals surface area contributed by atoms with Crippen molar-refractivity contribution in [1.82, 2.24) is 4.57 Å². The number of thiazole rings is 1. The average molecular weight is 412 g/mol. The minimum atomic E-state index is -0.320. The summed E-state index contributed by atoms with van der Waals surface area (Å²) in [6, 6.07) is 11.1. The van der Waals surface area contributed by atoms with Crippen molar-refractivity contribution in [3.8, 4) is 11.5 Å². The third-order valence-corrected chi connectivity index (χ3v) is 5.64. The van der Waals surface area contributed by atoms with Crippen LogP contribution < -0.4 is 14.3 Å². The van der Waals surface area contributed by atoms with Gasteiger partial charge in [-0.05, 0) is 25.5 Å². The molecule has 2 aromatic carbocycles. The Morgan fingerprint density at radius 2 is 1.97 bits per heavy atom. The molecule has 1 aromatic heterocycles. The van der Waals surface area contributed by atoms with E-state index >= 15 is 0 Å². The number of hydrogen-bond donors (Lipinski definition) is 0. The molecule has 0 radical (unpaired) electrons. The van der Waals surface area contributed by atoms with Gasteiger partial charge in [0.15, 0.2) is 16.3 Å². The Morgan fingerprint density at radius 1 is 1.21 bits per heavy atom. The molecule has 0 atom stereocenters. The molecule has 0 saturated heterocycles. The predicted molar refractivity (Wildman–Crippen MR) is 108 cm³/mol. The number of esters is 1. The summed E-state index contributed by atoms with van der Waals surface area (Å²) in [5.41, 5.74) is 2.25. The van der Waals surface area contributed by atoms with Gasteiger partial charge in [-0.2, -0.15) is 4.99 Å². The molecule has 0 fully saturated rings. The summed E-state index contributed by atoms with van der Waals surface area (Å²) in [7, 11) is 0. The topological polar surface area (TPSA) is 79.1 Å². The molecule has 150 valence electrons. The highest BCUT2D eigenvalue weighted by molar-refractivity contribution is 7.16. The summed E-state index contributed by atoms with van der Waals surface area (Å²) in [5, 5.41) is 0. The molecular formula is C21H20N2O5S. The molecule has 0 spiro atoms. The van der Waals surface area contributed by atoms with Gasteiger partial charge in [-0.15, -0.1) is 0 Å². The van der Waals surface area contributed by atoms with Gasteiger partial charge in [0.2, 0.25) is 6.79 Å². The summed E-state index contributed by atoms with van der Waals surface area (Å²) in [6.45, 7) is 4.50. The second-order valence-electron chi connectivity index (χ2n) is 6.50. The van der Waals surface area contributed by atoms with Crippen molar-refractivity contribution >= 4 is 33.4 Å². The van der Waals surface area contributed by atoms with Gasteiger partial charge >= 0.3 is 5.97 Å². The average Bonchev–Trinajstić information content (AvgIpc) is 3.28. The number of carbonyl (C=O) groups excluding carboxylic acids is 2. The number of aromatic nitrogens is 1. The molecule has 1 amide bonds. The van der Waals surface area contributed by atoms with Crippen molar-refractivity contribution in [2.75, 3.05) is 13.4 Å². The van der Waals surface area contributed by atoms with E-state index in [1.165, 1.54) is 11.3 Å². The zero-order valence-corrected chi connectivity index (χ0v) is 17.0. The van der Waals surface area contributed by atoms with Crippen LogP contribution in [0.3, 0.4) is 0 Å². The van der Waals surface area contributed by atoms with Gasteiger partial charge in [0.25, 0.3) is 5.91 Å². The van der Waals surface area contributed by atoms with E-state index in [0.717, 1.165) is 15.8 Å². The zero-order chi connectivity index (χ0) is 20.4. The highest BCUT2D eigenvalue weighted by atomic mass is 32.1. The van der Waals surface area contributed by atoms with Crippen LogP contribution in [0.5, 0.6) is 11.5 Å². The second-order valence-corrected chi connectivity index (χ2v) is 7.51. The summed E-state index contributed by atoms with van der Waals surface area (Å²) < 4.78 is 18.7. The van der Waals surface area contributed by atoms with E-state index in [4.69, 9.17) is 14.2 Å². The van der Waals surface area contributed by atoms with Gasteiger partial charge in [-0.1, -0.05) is 29.5 Å². The van der Waals surface area contributed by atoms with Crippen molar-refractivity contribution in [1.29, 1.82) is 0 Å². The lowest BCUT2D eigenvalue weighted by atomic mass is 10.1. The molecule has 1 aliphatic rings. The van der Waals surface area contributed by atoms with Crippen LogP contribution in [0.1, 0.15) is 29.3 Å². The monoisotopic (exact) mass is 412 g/mol. The van der Waals surface area contributed by atoms with E-state index in [0.29, 0.717) is 35.0 Å². The van der Waals surface area contributed by atoms with Crippen LogP contribution in [0.25, 0.3) is 10.2 Å². The first-order valence-electron chi connectivity index (χ1n) is 9.30. The smallest absolute Gasteiger partial charge is 0.307 e. The number of nitrogens with zero attached hydrogens (tertiary/aromatic N) is 2. The molecule has 0 saturated carbocycles. The van der Waals surface area contributed by atoms with E-state index in [-0.39, 0.29) is 25.1 Å². The maximum atomic E-state index is 12.8. The van der Waals surface area contributed by atoms with Crippen LogP contribution in [0.4, 0.5) is 0 Å². The van der Waals surface area contributed by atoms with E-state index < -0.39 is 0 Å². The molecule has 4 rings (SSSR count). The van der Waals surface area contributed by atoms with Gasteiger partial charge in [-0.3, -0.25) is 9.59 Å². The lowest BCUT2D eigenvalue weighted by Crippen LogP contribution is -2.19. The van der Waals surface area contributed by atoms with Crippen LogP contribution in [-0.2, 0) is 16.1 Å². The number of rotatable bonds is 5. The molecule has 8 heteroatoms. The number of benzene rings is 2. The normalized spacial score (nSPS) is 13.1. The van der Waals surface area contributed by atoms with Crippen molar-refractivity contribution in [2.24, 2.45) is 4.99 Å². The maximum Gasteiger partial charge on any atom is 0.307 e. The van der Waals surface area contributed by atoms with Gasteiger partial charge in [0.1, 0.15) is 0 Å².